The van der Waals surface area contributed by atoms with E-state index >= 15 is 0 Å². The molecule has 0 radical (unpaired) electrons. The third-order valence-corrected chi connectivity index (χ3v) is 5.40. The Kier molecular flexibility index (Phi) is 4.60. The van der Waals surface area contributed by atoms with E-state index in [2.05, 4.69) is 18.2 Å². The second-order valence-corrected chi connectivity index (χ2v) is 8.27. The number of rotatable bonds is 2. The lowest BCUT2D eigenvalue weighted by molar-refractivity contribution is 0.0584. The van der Waals surface area contributed by atoms with Gasteiger partial charge in [0.1, 0.15) is 5.60 Å². The summed E-state index contributed by atoms with van der Waals surface area (Å²) in [7, 11) is 0. The summed E-state index contributed by atoms with van der Waals surface area (Å²) in [4.78, 5) is 14.2. The number of fused-ring (bicyclic) bond motifs is 1. The minimum atomic E-state index is -0.467. The third-order valence-electron chi connectivity index (χ3n) is 5.40. The van der Waals surface area contributed by atoms with Crippen LogP contribution in [0.3, 0.4) is 0 Å². The van der Waals surface area contributed by atoms with E-state index in [-0.39, 0.29) is 11.5 Å². The van der Waals surface area contributed by atoms with Crippen LogP contribution >= 0.6 is 0 Å². The molecule has 3 rings (SSSR count). The summed E-state index contributed by atoms with van der Waals surface area (Å²) in [5, 5.41) is 0. The zero-order valence-corrected chi connectivity index (χ0v) is 15.2. The van der Waals surface area contributed by atoms with Crippen molar-refractivity contribution in [3.63, 3.8) is 0 Å². The second-order valence-electron chi connectivity index (χ2n) is 8.27. The maximum atomic E-state index is 12.4. The van der Waals surface area contributed by atoms with E-state index in [0.717, 1.165) is 12.1 Å². The van der Waals surface area contributed by atoms with Crippen LogP contribution in [0.25, 0.3) is 0 Å². The first-order chi connectivity index (χ1) is 11.3. The fraction of sp³-hybridized carbons (Fsp3) is 0.650. The molecular formula is C20H30N2O2. The van der Waals surface area contributed by atoms with E-state index in [1.54, 1.807) is 4.90 Å². The Labute approximate surface area is 145 Å². The highest BCUT2D eigenvalue weighted by atomic mass is 16.6. The number of hydrogen-bond acceptors (Lipinski definition) is 3. The molecule has 24 heavy (non-hydrogen) atoms. The second kappa shape index (κ2) is 6.40. The highest BCUT2D eigenvalue weighted by Crippen LogP contribution is 2.41. The number of carbonyl (C=O) groups excluding carboxylic acids is 1. The van der Waals surface area contributed by atoms with Crippen LogP contribution in [0.5, 0.6) is 0 Å². The van der Waals surface area contributed by atoms with Crippen molar-refractivity contribution >= 4 is 11.8 Å². The van der Waals surface area contributed by atoms with Gasteiger partial charge < -0.3 is 10.5 Å². The highest BCUT2D eigenvalue weighted by molar-refractivity contribution is 5.90. The Balaban J connectivity index is 1.84. The van der Waals surface area contributed by atoms with Gasteiger partial charge in [-0.05, 0) is 57.2 Å². The minimum Gasteiger partial charge on any atom is -0.443 e. The number of benzene rings is 1. The van der Waals surface area contributed by atoms with Crippen LogP contribution in [-0.4, -0.2) is 24.8 Å². The van der Waals surface area contributed by atoms with Gasteiger partial charge in [-0.15, -0.1) is 0 Å². The van der Waals surface area contributed by atoms with Crippen LogP contribution in [-0.2, 0) is 16.6 Å². The molecule has 1 heterocycles. The summed E-state index contributed by atoms with van der Waals surface area (Å²) >= 11 is 0. The van der Waals surface area contributed by atoms with E-state index in [0.29, 0.717) is 13.1 Å². The Hall–Kier alpha value is -1.55. The molecule has 2 N–H and O–H groups in total. The highest BCUT2D eigenvalue weighted by Gasteiger charge is 2.35. The number of anilines is 1. The van der Waals surface area contributed by atoms with Crippen molar-refractivity contribution < 1.29 is 9.53 Å². The van der Waals surface area contributed by atoms with Gasteiger partial charge in [-0.25, -0.2) is 4.79 Å². The Bertz CT molecular complexity index is 613. The van der Waals surface area contributed by atoms with Crippen LogP contribution in [0.15, 0.2) is 18.2 Å². The first-order valence-electron chi connectivity index (χ1n) is 9.19. The lowest BCUT2D eigenvalue weighted by Crippen LogP contribution is -2.37. The molecule has 0 unspecified atom stereocenters. The van der Waals surface area contributed by atoms with Crippen molar-refractivity contribution in [1.82, 2.24) is 0 Å². The molecule has 1 aliphatic heterocycles. The Morgan fingerprint density at radius 3 is 2.58 bits per heavy atom. The van der Waals surface area contributed by atoms with Crippen molar-refractivity contribution in [2.75, 3.05) is 18.0 Å². The molecule has 0 atom stereocenters. The predicted molar refractivity (Wildman–Crippen MR) is 97.5 cm³/mol. The van der Waals surface area contributed by atoms with Crippen molar-refractivity contribution in [3.05, 3.63) is 29.3 Å². The van der Waals surface area contributed by atoms with Crippen LogP contribution in [0.1, 0.15) is 64.0 Å². The van der Waals surface area contributed by atoms with E-state index in [1.165, 1.54) is 43.2 Å². The SMILES string of the molecule is CC(C)(C)OC(=O)N1CCc2cc(C3(CN)CCCCC3)ccc21. The molecule has 2 aliphatic rings. The molecule has 0 bridgehead atoms. The summed E-state index contributed by atoms with van der Waals surface area (Å²) in [6.07, 6.45) is 6.84. The predicted octanol–water partition coefficient (Wildman–Crippen LogP) is 4.14. The standard InChI is InChI=1S/C20H30N2O2/c1-19(2,3)24-18(23)22-12-9-15-13-16(7-8-17(15)22)20(14-21)10-5-4-6-11-20/h7-8,13H,4-6,9-12,14,21H2,1-3H3. The number of nitrogens with two attached hydrogens (primary N) is 1. The average molecular weight is 330 g/mol. The Morgan fingerprint density at radius 1 is 1.25 bits per heavy atom. The van der Waals surface area contributed by atoms with Crippen LogP contribution in [0, 0.1) is 0 Å². The fourth-order valence-corrected chi connectivity index (χ4v) is 4.08. The maximum absolute atomic E-state index is 12.4. The van der Waals surface area contributed by atoms with E-state index in [4.69, 9.17) is 10.5 Å². The van der Waals surface area contributed by atoms with Crippen LogP contribution in [0.4, 0.5) is 10.5 Å². The molecule has 1 aliphatic carbocycles. The van der Waals surface area contributed by atoms with E-state index < -0.39 is 5.60 Å². The zero-order valence-electron chi connectivity index (χ0n) is 15.2. The van der Waals surface area contributed by atoms with Gasteiger partial charge in [-0.1, -0.05) is 31.4 Å². The zero-order chi connectivity index (χ0) is 17.4. The van der Waals surface area contributed by atoms with Crippen LogP contribution < -0.4 is 10.6 Å². The lowest BCUT2D eigenvalue weighted by atomic mass is 9.69. The van der Waals surface area contributed by atoms with Crippen molar-refractivity contribution in [2.24, 2.45) is 5.73 Å². The molecule has 1 aromatic carbocycles. The van der Waals surface area contributed by atoms with Gasteiger partial charge in [0.15, 0.2) is 0 Å². The van der Waals surface area contributed by atoms with Gasteiger partial charge in [-0.2, -0.15) is 0 Å². The fourth-order valence-electron chi connectivity index (χ4n) is 4.08. The minimum absolute atomic E-state index is 0.132. The number of amides is 1. The van der Waals surface area contributed by atoms with Gasteiger partial charge >= 0.3 is 6.09 Å². The molecule has 132 valence electrons. The Morgan fingerprint density at radius 2 is 1.96 bits per heavy atom. The van der Waals surface area contributed by atoms with Crippen molar-refractivity contribution in [3.8, 4) is 0 Å². The number of hydrogen-bond donors (Lipinski definition) is 1. The molecule has 1 amide bonds. The van der Waals surface area contributed by atoms with Gasteiger partial charge in [0.2, 0.25) is 0 Å². The maximum Gasteiger partial charge on any atom is 0.414 e. The summed E-state index contributed by atoms with van der Waals surface area (Å²) in [5.41, 5.74) is 9.44. The third kappa shape index (κ3) is 3.30. The largest absolute Gasteiger partial charge is 0.443 e. The first-order valence-corrected chi connectivity index (χ1v) is 9.19. The van der Waals surface area contributed by atoms with Crippen molar-refractivity contribution in [2.45, 2.75) is 70.3 Å². The van der Waals surface area contributed by atoms with E-state index in [1.807, 2.05) is 20.8 Å². The smallest absolute Gasteiger partial charge is 0.414 e. The van der Waals surface area contributed by atoms with Gasteiger partial charge in [0, 0.05) is 18.5 Å². The summed E-state index contributed by atoms with van der Waals surface area (Å²) < 4.78 is 5.53. The molecule has 1 aromatic rings. The molecule has 4 heteroatoms. The first kappa shape index (κ1) is 17.3. The van der Waals surface area contributed by atoms with Gasteiger partial charge in [0.25, 0.3) is 0 Å². The van der Waals surface area contributed by atoms with Crippen LogP contribution in [0.2, 0.25) is 0 Å². The molecule has 4 nitrogen and oxygen atoms in total. The summed E-state index contributed by atoms with van der Waals surface area (Å²) in [6.45, 7) is 7.11. The van der Waals surface area contributed by atoms with Gasteiger partial charge in [0.05, 0.1) is 5.69 Å². The average Bonchev–Trinajstić information content (AvgIpc) is 2.97. The number of carbonyl (C=O) groups is 1. The molecule has 1 saturated carbocycles. The van der Waals surface area contributed by atoms with Gasteiger partial charge in [-0.3, -0.25) is 4.90 Å². The molecular weight excluding hydrogens is 300 g/mol. The topological polar surface area (TPSA) is 55.6 Å². The number of nitrogens with zero attached hydrogens (tertiary/aromatic N) is 1. The summed E-state index contributed by atoms with van der Waals surface area (Å²) in [5.74, 6) is 0. The molecule has 0 spiro atoms. The quantitative estimate of drug-likeness (QED) is 0.886. The summed E-state index contributed by atoms with van der Waals surface area (Å²) in [6, 6.07) is 6.56. The monoisotopic (exact) mass is 330 g/mol. The lowest BCUT2D eigenvalue weighted by Gasteiger charge is -2.37. The normalized spacial score (nSPS) is 19.9. The molecule has 1 fully saturated rings. The molecule has 0 saturated heterocycles. The van der Waals surface area contributed by atoms with Crippen molar-refractivity contribution in [1.29, 1.82) is 0 Å². The van der Waals surface area contributed by atoms with E-state index in [9.17, 15) is 4.79 Å². The molecule has 0 aromatic heterocycles. The number of ether oxygens (including phenoxy) is 1.